The molecule has 0 radical (unpaired) electrons. The fourth-order valence-electron chi connectivity index (χ4n) is 2.40. The average molecular weight is 267 g/mol. The van der Waals surface area contributed by atoms with Gasteiger partial charge in [-0.2, -0.15) is 0 Å². The van der Waals surface area contributed by atoms with E-state index in [2.05, 4.69) is 34.7 Å². The lowest BCUT2D eigenvalue weighted by Crippen LogP contribution is -2.03. The van der Waals surface area contributed by atoms with E-state index < -0.39 is 0 Å². The normalized spacial score (nSPS) is 11.1. The molecule has 3 aromatic rings. The molecule has 0 unspecified atom stereocenters. The largest absolute Gasteiger partial charge is 0.396 e. The van der Waals surface area contributed by atoms with Crippen LogP contribution in [0, 0.1) is 6.92 Å². The maximum Gasteiger partial charge on any atom is 0.160 e. The molecule has 20 heavy (non-hydrogen) atoms. The molecule has 0 amide bonds. The molecule has 0 bridgehead atoms. The number of aryl methyl sites for hydroxylation is 2. The van der Waals surface area contributed by atoms with Crippen LogP contribution in [0.1, 0.15) is 12.0 Å². The van der Waals surface area contributed by atoms with Crippen LogP contribution in [0.5, 0.6) is 0 Å². The third kappa shape index (κ3) is 2.30. The van der Waals surface area contributed by atoms with Crippen molar-refractivity contribution in [3.8, 4) is 11.4 Å². The number of benzene rings is 1. The van der Waals surface area contributed by atoms with Crippen molar-refractivity contribution in [1.29, 1.82) is 0 Å². The minimum absolute atomic E-state index is 0.166. The highest BCUT2D eigenvalue weighted by Gasteiger charge is 2.12. The molecule has 0 aliphatic heterocycles. The Hall–Kier alpha value is -2.20. The minimum Gasteiger partial charge on any atom is -0.396 e. The fourth-order valence-corrected chi connectivity index (χ4v) is 2.40. The van der Waals surface area contributed by atoms with E-state index in [1.54, 1.807) is 6.20 Å². The second kappa shape index (κ2) is 5.43. The van der Waals surface area contributed by atoms with Crippen molar-refractivity contribution < 1.29 is 5.11 Å². The zero-order chi connectivity index (χ0) is 13.9. The highest BCUT2D eigenvalue weighted by atomic mass is 16.3. The minimum atomic E-state index is 0.166. The Labute approximate surface area is 117 Å². The maximum atomic E-state index is 9.09. The summed E-state index contributed by atoms with van der Waals surface area (Å²) in [5, 5.41) is 9.09. The van der Waals surface area contributed by atoms with E-state index in [9.17, 15) is 0 Å². The van der Waals surface area contributed by atoms with Crippen LogP contribution < -0.4 is 0 Å². The standard InChI is InChI=1S/C16H17N3O/c1-12-5-2-6-13(11-12)15-18-14-7-3-8-17-16(14)19(15)9-4-10-20/h2-3,5-8,11,20H,4,9-10H2,1H3. The summed E-state index contributed by atoms with van der Waals surface area (Å²) in [5.74, 6) is 0.913. The molecular formula is C16H17N3O. The fraction of sp³-hybridized carbons (Fsp3) is 0.250. The molecule has 0 saturated heterocycles. The van der Waals surface area contributed by atoms with Gasteiger partial charge in [0.1, 0.15) is 11.3 Å². The molecule has 0 saturated carbocycles. The number of aromatic nitrogens is 3. The van der Waals surface area contributed by atoms with Crippen LogP contribution in [-0.4, -0.2) is 26.2 Å². The Balaban J connectivity index is 2.18. The highest BCUT2D eigenvalue weighted by Crippen LogP contribution is 2.24. The Kier molecular flexibility index (Phi) is 3.48. The summed E-state index contributed by atoms with van der Waals surface area (Å²) < 4.78 is 2.08. The van der Waals surface area contributed by atoms with E-state index in [0.29, 0.717) is 13.0 Å². The molecule has 4 nitrogen and oxygen atoms in total. The van der Waals surface area contributed by atoms with Gasteiger partial charge >= 0.3 is 0 Å². The molecule has 1 aromatic carbocycles. The monoisotopic (exact) mass is 267 g/mol. The van der Waals surface area contributed by atoms with Gasteiger partial charge in [-0.15, -0.1) is 0 Å². The first-order chi connectivity index (χ1) is 9.79. The topological polar surface area (TPSA) is 50.9 Å². The molecule has 3 rings (SSSR count). The first kappa shape index (κ1) is 12.8. The molecule has 1 N–H and O–H groups in total. The smallest absolute Gasteiger partial charge is 0.160 e. The van der Waals surface area contributed by atoms with Gasteiger partial charge in [-0.3, -0.25) is 0 Å². The Morgan fingerprint density at radius 2 is 2.10 bits per heavy atom. The summed E-state index contributed by atoms with van der Waals surface area (Å²) in [7, 11) is 0. The average Bonchev–Trinajstić information content (AvgIpc) is 2.84. The molecule has 0 fully saturated rings. The molecular weight excluding hydrogens is 250 g/mol. The van der Waals surface area contributed by atoms with Crippen molar-refractivity contribution in [3.63, 3.8) is 0 Å². The molecule has 0 aliphatic rings. The van der Waals surface area contributed by atoms with Crippen LogP contribution in [0.2, 0.25) is 0 Å². The van der Waals surface area contributed by atoms with Crippen LogP contribution in [0.25, 0.3) is 22.6 Å². The highest BCUT2D eigenvalue weighted by molar-refractivity contribution is 5.77. The van der Waals surface area contributed by atoms with Crippen molar-refractivity contribution in [3.05, 3.63) is 48.2 Å². The number of aliphatic hydroxyl groups is 1. The molecule has 2 aromatic heterocycles. The van der Waals surface area contributed by atoms with Gasteiger partial charge in [-0.05, 0) is 31.5 Å². The molecule has 102 valence electrons. The van der Waals surface area contributed by atoms with Gasteiger partial charge < -0.3 is 9.67 Å². The van der Waals surface area contributed by atoms with Gasteiger partial charge in [0.05, 0.1) is 0 Å². The van der Waals surface area contributed by atoms with E-state index in [-0.39, 0.29) is 6.61 Å². The van der Waals surface area contributed by atoms with Crippen LogP contribution in [0.15, 0.2) is 42.6 Å². The maximum absolute atomic E-state index is 9.09. The van der Waals surface area contributed by atoms with Gasteiger partial charge in [0.15, 0.2) is 5.65 Å². The number of aliphatic hydroxyl groups excluding tert-OH is 1. The molecule has 0 atom stereocenters. The predicted octanol–water partition coefficient (Wildman–Crippen LogP) is 2.79. The molecule has 4 heteroatoms. The Morgan fingerprint density at radius 1 is 1.20 bits per heavy atom. The van der Waals surface area contributed by atoms with Crippen molar-refractivity contribution in [2.75, 3.05) is 6.61 Å². The van der Waals surface area contributed by atoms with Crippen LogP contribution in [0.3, 0.4) is 0 Å². The first-order valence-corrected chi connectivity index (χ1v) is 6.79. The number of imidazole rings is 1. The zero-order valence-electron chi connectivity index (χ0n) is 11.5. The van der Waals surface area contributed by atoms with Gasteiger partial charge in [0.25, 0.3) is 0 Å². The number of rotatable bonds is 4. The Bertz CT molecular complexity index is 733. The number of fused-ring (bicyclic) bond motifs is 1. The summed E-state index contributed by atoms with van der Waals surface area (Å²) in [5.41, 5.74) is 4.05. The van der Waals surface area contributed by atoms with Gasteiger partial charge in [-0.25, -0.2) is 9.97 Å². The number of hydrogen-bond donors (Lipinski definition) is 1. The Morgan fingerprint density at radius 3 is 2.90 bits per heavy atom. The lowest BCUT2D eigenvalue weighted by molar-refractivity contribution is 0.280. The summed E-state index contributed by atoms with van der Waals surface area (Å²) in [6.07, 6.45) is 2.47. The molecule has 0 spiro atoms. The van der Waals surface area contributed by atoms with E-state index >= 15 is 0 Å². The SMILES string of the molecule is Cc1cccc(-c2nc3cccnc3n2CCCO)c1. The third-order valence-corrected chi connectivity index (χ3v) is 3.32. The van der Waals surface area contributed by atoms with Crippen molar-refractivity contribution in [2.45, 2.75) is 19.9 Å². The second-order valence-corrected chi connectivity index (χ2v) is 4.88. The van der Waals surface area contributed by atoms with Gasteiger partial charge in [0, 0.05) is 24.9 Å². The first-order valence-electron chi connectivity index (χ1n) is 6.79. The van der Waals surface area contributed by atoms with Gasteiger partial charge in [-0.1, -0.05) is 23.8 Å². The summed E-state index contributed by atoms with van der Waals surface area (Å²) >= 11 is 0. The molecule has 0 aliphatic carbocycles. The lowest BCUT2D eigenvalue weighted by atomic mass is 10.1. The quantitative estimate of drug-likeness (QED) is 0.790. The molecule has 2 heterocycles. The van der Waals surface area contributed by atoms with E-state index in [4.69, 9.17) is 10.1 Å². The van der Waals surface area contributed by atoms with Crippen LogP contribution in [0.4, 0.5) is 0 Å². The third-order valence-electron chi connectivity index (χ3n) is 3.32. The van der Waals surface area contributed by atoms with Crippen molar-refractivity contribution >= 4 is 11.2 Å². The summed E-state index contributed by atoms with van der Waals surface area (Å²) in [6.45, 7) is 2.95. The number of nitrogens with zero attached hydrogens (tertiary/aromatic N) is 3. The summed E-state index contributed by atoms with van der Waals surface area (Å²) in [6, 6.07) is 12.2. The van der Waals surface area contributed by atoms with E-state index in [1.807, 2.05) is 18.2 Å². The van der Waals surface area contributed by atoms with E-state index in [1.165, 1.54) is 5.56 Å². The van der Waals surface area contributed by atoms with Crippen LogP contribution >= 0.6 is 0 Å². The predicted molar refractivity (Wildman–Crippen MR) is 79.4 cm³/mol. The lowest BCUT2D eigenvalue weighted by Gasteiger charge is -2.08. The second-order valence-electron chi connectivity index (χ2n) is 4.88. The summed E-state index contributed by atoms with van der Waals surface area (Å²) in [4.78, 5) is 9.12. The zero-order valence-corrected chi connectivity index (χ0v) is 11.5. The van der Waals surface area contributed by atoms with Crippen molar-refractivity contribution in [1.82, 2.24) is 14.5 Å². The number of hydrogen-bond acceptors (Lipinski definition) is 3. The van der Waals surface area contributed by atoms with Crippen molar-refractivity contribution in [2.24, 2.45) is 0 Å². The van der Waals surface area contributed by atoms with Gasteiger partial charge in [0.2, 0.25) is 0 Å². The van der Waals surface area contributed by atoms with E-state index in [0.717, 1.165) is 22.6 Å². The van der Waals surface area contributed by atoms with Crippen LogP contribution in [-0.2, 0) is 6.54 Å². The number of pyridine rings is 1.